The molecule has 2 aromatic carbocycles. The minimum absolute atomic E-state index is 0.201. The normalized spacial score (nSPS) is 12.2. The van der Waals surface area contributed by atoms with Crippen molar-refractivity contribution in [3.63, 3.8) is 0 Å². The van der Waals surface area contributed by atoms with E-state index in [2.05, 4.69) is 39.3 Å². The maximum atomic E-state index is 14.1. The van der Waals surface area contributed by atoms with Crippen LogP contribution in [-0.2, 0) is 19.1 Å². The van der Waals surface area contributed by atoms with Crippen molar-refractivity contribution in [3.8, 4) is 0 Å². The average molecular weight is 647 g/mol. The van der Waals surface area contributed by atoms with Crippen LogP contribution in [0.15, 0.2) is 79.4 Å². The molecule has 0 atom stereocenters. The van der Waals surface area contributed by atoms with Gasteiger partial charge < -0.3 is 35.6 Å². The minimum Gasteiger partial charge on any atom is -0.389 e. The number of aromatic nitrogens is 2. The lowest BCUT2D eigenvalue weighted by Gasteiger charge is -2.23. The van der Waals surface area contributed by atoms with Crippen LogP contribution in [-0.4, -0.2) is 65.7 Å². The number of allylic oxidation sites excluding steroid dienone is 1. The predicted molar refractivity (Wildman–Crippen MR) is 187 cm³/mol. The Hall–Kier alpha value is -4.61. The third kappa shape index (κ3) is 9.24. The number of imidazole rings is 1. The summed E-state index contributed by atoms with van der Waals surface area (Å²) in [5.41, 5.74) is 6.39. The predicted octanol–water partition coefficient (Wildman–Crippen LogP) is 7.23. The molecule has 8 nitrogen and oxygen atoms in total. The molecule has 0 unspecified atom stereocenters. The van der Waals surface area contributed by atoms with Crippen molar-refractivity contribution >= 4 is 28.9 Å². The number of rotatable bonds is 16. The largest absolute Gasteiger partial charge is 0.416 e. The van der Waals surface area contributed by atoms with E-state index < -0.39 is 11.7 Å². The molecule has 4 N–H and O–H groups in total. The molecular formula is C36H45F3N8. The van der Waals surface area contributed by atoms with Gasteiger partial charge in [0.05, 0.1) is 16.9 Å². The molecule has 0 bridgehead atoms. The van der Waals surface area contributed by atoms with Crippen molar-refractivity contribution in [1.82, 2.24) is 24.5 Å². The van der Waals surface area contributed by atoms with Crippen LogP contribution < -0.4 is 16.0 Å². The molecule has 0 fully saturated rings. The SMILES string of the molecule is C=C(Nc1ccc(CN(C)CCN(C)CC)c(C(F)(F)F)c1)c1ccc(C)c(Cc2cnc3c(N/C(C=N)=C/NCC)cccn23)c1. The monoisotopic (exact) mass is 646 g/mol. The van der Waals surface area contributed by atoms with Crippen LogP contribution >= 0.6 is 0 Å². The second kappa shape index (κ2) is 15.8. The van der Waals surface area contributed by atoms with E-state index in [0.29, 0.717) is 30.0 Å². The molecule has 0 saturated heterocycles. The van der Waals surface area contributed by atoms with E-state index in [4.69, 9.17) is 5.41 Å². The molecule has 47 heavy (non-hydrogen) atoms. The molecule has 2 aromatic heterocycles. The van der Waals surface area contributed by atoms with Crippen molar-refractivity contribution in [1.29, 1.82) is 5.41 Å². The molecule has 4 aromatic rings. The van der Waals surface area contributed by atoms with Gasteiger partial charge in [-0.05, 0) is 87.1 Å². The van der Waals surface area contributed by atoms with Crippen LogP contribution in [0.5, 0.6) is 0 Å². The Labute approximate surface area is 275 Å². The molecule has 250 valence electrons. The standard InChI is InChI=1S/C36H45F3N8/c1-7-41-22-31(21-40)44-34-10-9-15-47-32(23-42-35(34)47)19-29-18-27(12-11-25(29)3)26(4)43-30-14-13-28(33(20-30)36(37,38)39)24-46(6)17-16-45(5)8-2/h9-15,18,20-23,40-41,43-44H,4,7-8,16-17,19,24H2,1-3,5-6H3/b31-22+,40-21?. The van der Waals surface area contributed by atoms with E-state index in [1.807, 2.05) is 80.0 Å². The Bertz CT molecular complexity index is 1720. The number of nitrogens with one attached hydrogen (secondary N) is 4. The number of alkyl halides is 3. The maximum absolute atomic E-state index is 14.1. The first-order valence-electron chi connectivity index (χ1n) is 15.7. The topological polar surface area (TPSA) is 83.7 Å². The first kappa shape index (κ1) is 35.2. The van der Waals surface area contributed by atoms with Crippen molar-refractivity contribution in [3.05, 3.63) is 113 Å². The summed E-state index contributed by atoms with van der Waals surface area (Å²) in [5, 5.41) is 17.2. The van der Waals surface area contributed by atoms with E-state index in [-0.39, 0.29) is 12.1 Å². The lowest BCUT2D eigenvalue weighted by Crippen LogP contribution is -2.31. The van der Waals surface area contributed by atoms with E-state index in [0.717, 1.165) is 53.4 Å². The fourth-order valence-electron chi connectivity index (χ4n) is 5.19. The van der Waals surface area contributed by atoms with Crippen LogP contribution in [0.4, 0.5) is 24.5 Å². The lowest BCUT2D eigenvalue weighted by molar-refractivity contribution is -0.138. The Morgan fingerprint density at radius 2 is 1.79 bits per heavy atom. The Morgan fingerprint density at radius 1 is 1.02 bits per heavy atom. The number of hydrogen-bond donors (Lipinski definition) is 4. The molecule has 0 saturated carbocycles. The summed E-state index contributed by atoms with van der Waals surface area (Å²) >= 11 is 0. The molecule has 4 rings (SSSR count). The number of pyridine rings is 1. The highest BCUT2D eigenvalue weighted by Gasteiger charge is 2.34. The smallest absolute Gasteiger partial charge is 0.389 e. The fourth-order valence-corrected chi connectivity index (χ4v) is 5.19. The van der Waals surface area contributed by atoms with Crippen LogP contribution in [0.2, 0.25) is 0 Å². The highest BCUT2D eigenvalue weighted by molar-refractivity contribution is 5.84. The van der Waals surface area contributed by atoms with Gasteiger partial charge in [-0.3, -0.25) is 0 Å². The summed E-state index contributed by atoms with van der Waals surface area (Å²) < 4.78 is 44.5. The van der Waals surface area contributed by atoms with Crippen molar-refractivity contribution in [2.45, 2.75) is 39.9 Å². The number of aryl methyl sites for hydroxylation is 1. The van der Waals surface area contributed by atoms with Crippen LogP contribution in [0.25, 0.3) is 11.3 Å². The Kier molecular flexibility index (Phi) is 11.8. The van der Waals surface area contributed by atoms with Crippen molar-refractivity contribution in [2.75, 3.05) is 50.9 Å². The average Bonchev–Trinajstić information content (AvgIpc) is 3.46. The van der Waals surface area contributed by atoms with Gasteiger partial charge in [-0.25, -0.2) is 4.98 Å². The Morgan fingerprint density at radius 3 is 2.49 bits per heavy atom. The molecular weight excluding hydrogens is 601 g/mol. The summed E-state index contributed by atoms with van der Waals surface area (Å²) in [6, 6.07) is 14.2. The second-order valence-corrected chi connectivity index (χ2v) is 11.7. The van der Waals surface area contributed by atoms with Crippen LogP contribution in [0.1, 0.15) is 47.4 Å². The van der Waals surface area contributed by atoms with E-state index >= 15 is 0 Å². The maximum Gasteiger partial charge on any atom is 0.416 e. The van der Waals surface area contributed by atoms with Gasteiger partial charge in [0.15, 0.2) is 5.65 Å². The number of likely N-dealkylation sites (N-methyl/N-ethyl adjacent to an activating group) is 2. The molecule has 0 aliphatic heterocycles. The number of fused-ring (bicyclic) bond motifs is 1. The molecule has 2 heterocycles. The van der Waals surface area contributed by atoms with Gasteiger partial charge in [0.25, 0.3) is 0 Å². The molecule has 0 aliphatic rings. The lowest BCUT2D eigenvalue weighted by atomic mass is 9.99. The fraction of sp³-hybridized carbons (Fsp3) is 0.333. The van der Waals surface area contributed by atoms with Gasteiger partial charge in [0, 0.05) is 74.5 Å². The zero-order valence-electron chi connectivity index (χ0n) is 27.8. The molecule has 0 spiro atoms. The summed E-state index contributed by atoms with van der Waals surface area (Å²) in [7, 11) is 3.83. The van der Waals surface area contributed by atoms with Gasteiger partial charge in [-0.1, -0.05) is 31.7 Å². The summed E-state index contributed by atoms with van der Waals surface area (Å²) in [6.45, 7) is 13.5. The van der Waals surface area contributed by atoms with Crippen LogP contribution in [0.3, 0.4) is 0 Å². The van der Waals surface area contributed by atoms with E-state index in [1.165, 1.54) is 12.3 Å². The molecule has 0 amide bonds. The number of hydrogen-bond acceptors (Lipinski definition) is 7. The van der Waals surface area contributed by atoms with Gasteiger partial charge in [-0.15, -0.1) is 0 Å². The highest BCUT2D eigenvalue weighted by atomic mass is 19.4. The van der Waals surface area contributed by atoms with Crippen molar-refractivity contribution in [2.24, 2.45) is 0 Å². The molecule has 11 heteroatoms. The highest BCUT2D eigenvalue weighted by Crippen LogP contribution is 2.35. The third-order valence-corrected chi connectivity index (χ3v) is 8.13. The first-order valence-corrected chi connectivity index (χ1v) is 15.7. The number of benzene rings is 2. The number of anilines is 2. The Balaban J connectivity index is 1.52. The van der Waals surface area contributed by atoms with Crippen LogP contribution in [0, 0.1) is 12.3 Å². The van der Waals surface area contributed by atoms with Crippen molar-refractivity contribution < 1.29 is 13.2 Å². The van der Waals surface area contributed by atoms with Gasteiger partial charge in [0.2, 0.25) is 0 Å². The van der Waals surface area contributed by atoms with Gasteiger partial charge >= 0.3 is 6.18 Å². The summed E-state index contributed by atoms with van der Waals surface area (Å²) in [6.07, 6.45) is 2.87. The zero-order chi connectivity index (χ0) is 34.1. The minimum atomic E-state index is -4.49. The zero-order valence-corrected chi connectivity index (χ0v) is 27.8. The number of halogens is 3. The quantitative estimate of drug-likeness (QED) is 0.0962. The second-order valence-electron chi connectivity index (χ2n) is 11.7. The van der Waals surface area contributed by atoms with E-state index in [1.54, 1.807) is 18.3 Å². The summed E-state index contributed by atoms with van der Waals surface area (Å²) in [5.74, 6) is 0. The van der Waals surface area contributed by atoms with E-state index in [9.17, 15) is 13.2 Å². The number of nitrogens with zero attached hydrogens (tertiary/aromatic N) is 4. The van der Waals surface area contributed by atoms with Gasteiger partial charge in [0.1, 0.15) is 0 Å². The third-order valence-electron chi connectivity index (χ3n) is 8.13. The molecule has 0 radical (unpaired) electrons. The summed E-state index contributed by atoms with van der Waals surface area (Å²) in [4.78, 5) is 8.69. The molecule has 0 aliphatic carbocycles. The van der Waals surface area contributed by atoms with Gasteiger partial charge in [-0.2, -0.15) is 13.2 Å². The first-order chi connectivity index (χ1) is 22.4.